The second-order valence-electron chi connectivity index (χ2n) is 3.92. The van der Waals surface area contributed by atoms with E-state index in [9.17, 15) is 15.3 Å². The van der Waals surface area contributed by atoms with Crippen molar-refractivity contribution in [3.8, 4) is 0 Å². The minimum atomic E-state index is -1.47. The van der Waals surface area contributed by atoms with Crippen molar-refractivity contribution in [2.75, 3.05) is 13.3 Å². The molecule has 2 heterocycles. The summed E-state index contributed by atoms with van der Waals surface area (Å²) in [7, 11) is 0. The Hall–Kier alpha value is -1.10. The molecule has 5 atom stereocenters. The van der Waals surface area contributed by atoms with E-state index in [0.717, 1.165) is 0 Å². The van der Waals surface area contributed by atoms with E-state index in [1.54, 1.807) is 0 Å². The van der Waals surface area contributed by atoms with E-state index in [4.69, 9.17) is 14.7 Å². The van der Waals surface area contributed by atoms with Crippen molar-refractivity contribution in [2.45, 2.75) is 30.7 Å². The van der Waals surface area contributed by atoms with Gasteiger partial charge in [-0.2, -0.15) is 0 Å². The van der Waals surface area contributed by atoms with Gasteiger partial charge in [-0.1, -0.05) is 0 Å². The number of hydrogen-bond acceptors (Lipinski definition) is 9. The van der Waals surface area contributed by atoms with Gasteiger partial charge in [0.15, 0.2) is 0 Å². The van der Waals surface area contributed by atoms with Crippen molar-refractivity contribution in [1.82, 2.24) is 5.06 Å². The van der Waals surface area contributed by atoms with Gasteiger partial charge in [0.05, 0.1) is 6.61 Å². The Labute approximate surface area is 103 Å². The molecule has 0 bridgehead atoms. The highest BCUT2D eigenvalue weighted by atomic mass is 16.8. The number of nitrogens with zero attached hydrogens (tertiary/aromatic N) is 3. The van der Waals surface area contributed by atoms with E-state index in [1.807, 2.05) is 0 Å². The van der Waals surface area contributed by atoms with Crippen LogP contribution in [0.5, 0.6) is 0 Å². The number of rotatable bonds is 3. The second kappa shape index (κ2) is 5.69. The van der Waals surface area contributed by atoms with Crippen molar-refractivity contribution < 1.29 is 30.0 Å². The number of hydrogen-bond donors (Lipinski definition) is 4. The molecule has 4 N–H and O–H groups in total. The standard InChI is InChI=1S/C9H15N3O6/c13-1-5-6(14)7(15)8(16)9(17-5)18-12-3-10-2-11-4-12/h2-3,5-9,13-16H,1,4H2/t5-,6+,7+,8-,9?/m0/s1. The third-order valence-corrected chi connectivity index (χ3v) is 2.65. The molecule has 0 radical (unpaired) electrons. The summed E-state index contributed by atoms with van der Waals surface area (Å²) in [4.78, 5) is 12.7. The molecule has 0 aliphatic carbocycles. The molecule has 1 saturated heterocycles. The predicted molar refractivity (Wildman–Crippen MR) is 58.5 cm³/mol. The van der Waals surface area contributed by atoms with Gasteiger partial charge in [0.2, 0.25) is 6.29 Å². The van der Waals surface area contributed by atoms with E-state index in [1.165, 1.54) is 17.7 Å². The zero-order chi connectivity index (χ0) is 13.1. The minimum absolute atomic E-state index is 0.165. The number of ether oxygens (including phenoxy) is 1. The smallest absolute Gasteiger partial charge is 0.213 e. The molecule has 1 fully saturated rings. The first-order valence-corrected chi connectivity index (χ1v) is 5.39. The maximum Gasteiger partial charge on any atom is 0.213 e. The Morgan fingerprint density at radius 2 is 2.06 bits per heavy atom. The van der Waals surface area contributed by atoms with Crippen molar-refractivity contribution in [2.24, 2.45) is 9.98 Å². The minimum Gasteiger partial charge on any atom is -0.394 e. The quantitative estimate of drug-likeness (QED) is 0.427. The fourth-order valence-corrected chi connectivity index (χ4v) is 1.65. The molecule has 0 aromatic rings. The predicted octanol–water partition coefficient (Wildman–Crippen LogP) is -2.95. The van der Waals surface area contributed by atoms with Gasteiger partial charge in [-0.3, -0.25) is 0 Å². The van der Waals surface area contributed by atoms with Crippen molar-refractivity contribution >= 4 is 12.7 Å². The number of aliphatic imine (C=N–C) groups is 2. The first-order chi connectivity index (χ1) is 8.63. The molecule has 0 aromatic carbocycles. The van der Waals surface area contributed by atoms with Gasteiger partial charge in [0.25, 0.3) is 0 Å². The molecule has 18 heavy (non-hydrogen) atoms. The van der Waals surface area contributed by atoms with E-state index >= 15 is 0 Å². The summed E-state index contributed by atoms with van der Waals surface area (Å²) in [5.41, 5.74) is 0. The average molecular weight is 261 g/mol. The van der Waals surface area contributed by atoms with E-state index < -0.39 is 37.3 Å². The van der Waals surface area contributed by atoms with Crippen molar-refractivity contribution in [3.63, 3.8) is 0 Å². The maximum atomic E-state index is 9.70. The normalized spacial score (nSPS) is 40.2. The van der Waals surface area contributed by atoms with E-state index in [0.29, 0.717) is 0 Å². The summed E-state index contributed by atoms with van der Waals surface area (Å²) in [6.07, 6.45) is -3.87. The number of aliphatic hydroxyl groups excluding tert-OH is 4. The lowest BCUT2D eigenvalue weighted by Crippen LogP contribution is -2.60. The van der Waals surface area contributed by atoms with Crippen LogP contribution in [0.25, 0.3) is 0 Å². The van der Waals surface area contributed by atoms with E-state index in [2.05, 4.69) is 9.98 Å². The van der Waals surface area contributed by atoms with Crippen molar-refractivity contribution in [3.05, 3.63) is 0 Å². The Morgan fingerprint density at radius 1 is 1.28 bits per heavy atom. The average Bonchev–Trinajstić information content (AvgIpc) is 2.40. The molecule has 0 aromatic heterocycles. The van der Waals surface area contributed by atoms with Gasteiger partial charge in [0, 0.05) is 0 Å². The monoisotopic (exact) mass is 261 g/mol. The van der Waals surface area contributed by atoms with Crippen LogP contribution in [0.4, 0.5) is 0 Å². The van der Waals surface area contributed by atoms with Crippen LogP contribution in [0, 0.1) is 0 Å². The fourth-order valence-electron chi connectivity index (χ4n) is 1.65. The summed E-state index contributed by atoms with van der Waals surface area (Å²) in [5.74, 6) is 0. The summed E-state index contributed by atoms with van der Waals surface area (Å²) < 4.78 is 5.15. The first-order valence-electron chi connectivity index (χ1n) is 5.39. The molecular formula is C9H15N3O6. The van der Waals surface area contributed by atoms with E-state index in [-0.39, 0.29) is 6.67 Å². The second-order valence-corrected chi connectivity index (χ2v) is 3.92. The largest absolute Gasteiger partial charge is 0.394 e. The summed E-state index contributed by atoms with van der Waals surface area (Å²) in [6, 6.07) is 0. The zero-order valence-electron chi connectivity index (χ0n) is 9.40. The molecular weight excluding hydrogens is 246 g/mol. The van der Waals surface area contributed by atoms with Crippen molar-refractivity contribution in [1.29, 1.82) is 0 Å². The molecule has 2 rings (SSSR count). The van der Waals surface area contributed by atoms with Gasteiger partial charge in [0.1, 0.15) is 43.8 Å². The van der Waals surface area contributed by atoms with Crippen LogP contribution >= 0.6 is 0 Å². The SMILES string of the molecule is OC[C@@H]1OC(ON2C=NC=NC2)[C@@H](O)[C@H](O)[C@@H]1O. The zero-order valence-corrected chi connectivity index (χ0v) is 9.40. The van der Waals surface area contributed by atoms with Crippen LogP contribution in [0.2, 0.25) is 0 Å². The molecule has 1 unspecified atom stereocenters. The molecule has 102 valence electrons. The molecule has 0 amide bonds. The van der Waals surface area contributed by atoms with Crippen LogP contribution in [0.15, 0.2) is 9.98 Å². The highest BCUT2D eigenvalue weighted by Gasteiger charge is 2.44. The summed E-state index contributed by atoms with van der Waals surface area (Å²) in [5, 5.41) is 39.0. The van der Waals surface area contributed by atoms with Gasteiger partial charge in [-0.25, -0.2) is 19.9 Å². The number of hydroxylamine groups is 2. The molecule has 2 aliphatic rings. The van der Waals surface area contributed by atoms with Gasteiger partial charge >= 0.3 is 0 Å². The Kier molecular flexibility index (Phi) is 4.22. The molecule has 0 spiro atoms. The Morgan fingerprint density at radius 3 is 2.67 bits per heavy atom. The molecule has 9 heteroatoms. The maximum absolute atomic E-state index is 9.70. The fraction of sp³-hybridized carbons (Fsp3) is 0.778. The number of aliphatic hydroxyl groups is 4. The topological polar surface area (TPSA) is 127 Å². The van der Waals surface area contributed by atoms with Crippen LogP contribution < -0.4 is 0 Å². The van der Waals surface area contributed by atoms with Crippen LogP contribution in [0.1, 0.15) is 0 Å². The molecule has 0 saturated carbocycles. The van der Waals surface area contributed by atoms with Gasteiger partial charge < -0.3 is 25.2 Å². The molecule has 9 nitrogen and oxygen atoms in total. The highest BCUT2D eigenvalue weighted by Crippen LogP contribution is 2.22. The Bertz CT molecular complexity index is 336. The molecule has 2 aliphatic heterocycles. The third kappa shape index (κ3) is 2.66. The van der Waals surface area contributed by atoms with Gasteiger partial charge in [-0.05, 0) is 0 Å². The van der Waals surface area contributed by atoms with Crippen LogP contribution in [-0.4, -0.2) is 82.1 Å². The van der Waals surface area contributed by atoms with Crippen LogP contribution in [-0.2, 0) is 9.57 Å². The highest BCUT2D eigenvalue weighted by molar-refractivity contribution is 5.72. The lowest BCUT2D eigenvalue weighted by molar-refractivity contribution is -0.345. The lowest BCUT2D eigenvalue weighted by Gasteiger charge is -2.40. The van der Waals surface area contributed by atoms with Crippen LogP contribution in [0.3, 0.4) is 0 Å². The third-order valence-electron chi connectivity index (χ3n) is 2.65. The Balaban J connectivity index is 1.98. The summed E-state index contributed by atoms with van der Waals surface area (Å²) >= 11 is 0. The lowest BCUT2D eigenvalue weighted by atomic mass is 9.99. The van der Waals surface area contributed by atoms with Gasteiger partial charge in [-0.15, -0.1) is 0 Å². The first kappa shape index (κ1) is 13.3. The summed E-state index contributed by atoms with van der Waals surface area (Å²) in [6.45, 7) is -0.338.